The van der Waals surface area contributed by atoms with Crippen LogP contribution in [0, 0.1) is 0 Å². The Bertz CT molecular complexity index is 529. The van der Waals surface area contributed by atoms with E-state index in [1.807, 2.05) is 0 Å². The number of ether oxygens (including phenoxy) is 5. The van der Waals surface area contributed by atoms with Crippen LogP contribution in [0.15, 0.2) is 0 Å². The van der Waals surface area contributed by atoms with Gasteiger partial charge in [0.15, 0.2) is 11.7 Å². The van der Waals surface area contributed by atoms with Crippen LogP contribution in [-0.4, -0.2) is 54.1 Å². The molecule has 0 aromatic carbocycles. The summed E-state index contributed by atoms with van der Waals surface area (Å²) in [7, 11) is 0. The van der Waals surface area contributed by atoms with E-state index in [1.54, 1.807) is 6.92 Å². The maximum atomic E-state index is 11.6. The Morgan fingerprint density at radius 1 is 0.792 bits per heavy atom. The first-order valence-corrected chi connectivity index (χ1v) is 7.34. The first-order chi connectivity index (χ1) is 11.0. The Kier molecular flexibility index (Phi) is 6.30. The number of carbonyl (C=O) groups excluding carboxylic acids is 4. The fraction of sp³-hybridized carbons (Fsp3) is 0.733. The van der Waals surface area contributed by atoms with Crippen molar-refractivity contribution >= 4 is 23.9 Å². The summed E-state index contributed by atoms with van der Waals surface area (Å²) in [4.78, 5) is 45.7. The van der Waals surface area contributed by atoms with Gasteiger partial charge in [-0.05, 0) is 13.8 Å². The van der Waals surface area contributed by atoms with Gasteiger partial charge in [-0.1, -0.05) is 0 Å². The first-order valence-electron chi connectivity index (χ1n) is 7.34. The van der Waals surface area contributed by atoms with Gasteiger partial charge in [-0.2, -0.15) is 0 Å². The van der Waals surface area contributed by atoms with Crippen molar-refractivity contribution in [3.63, 3.8) is 0 Å². The summed E-state index contributed by atoms with van der Waals surface area (Å²) in [6, 6.07) is 0. The van der Waals surface area contributed by atoms with Crippen LogP contribution in [0.2, 0.25) is 0 Å². The van der Waals surface area contributed by atoms with E-state index in [0.29, 0.717) is 0 Å². The molecule has 136 valence electrons. The lowest BCUT2D eigenvalue weighted by Gasteiger charge is -2.49. The number of hydrogen-bond acceptors (Lipinski definition) is 9. The van der Waals surface area contributed by atoms with E-state index in [0.717, 1.165) is 20.8 Å². The van der Waals surface area contributed by atoms with E-state index in [-0.39, 0.29) is 0 Å². The maximum Gasteiger partial charge on any atom is 0.305 e. The van der Waals surface area contributed by atoms with Gasteiger partial charge in [-0.3, -0.25) is 19.2 Å². The van der Waals surface area contributed by atoms with Gasteiger partial charge < -0.3 is 23.7 Å². The lowest BCUT2D eigenvalue weighted by atomic mass is 9.85. The highest BCUT2D eigenvalue weighted by molar-refractivity contribution is 5.69. The van der Waals surface area contributed by atoms with Crippen LogP contribution in [-0.2, 0) is 42.9 Å². The molecular weight excluding hydrogens is 324 g/mol. The lowest BCUT2D eigenvalue weighted by molar-refractivity contribution is -0.319. The van der Waals surface area contributed by atoms with E-state index >= 15 is 0 Å². The van der Waals surface area contributed by atoms with Crippen molar-refractivity contribution in [2.24, 2.45) is 0 Å². The van der Waals surface area contributed by atoms with Crippen LogP contribution in [0.25, 0.3) is 0 Å². The summed E-state index contributed by atoms with van der Waals surface area (Å²) in [5.41, 5.74) is -1.61. The third-order valence-corrected chi connectivity index (χ3v) is 3.38. The number of carbonyl (C=O) groups is 4. The van der Waals surface area contributed by atoms with Crippen molar-refractivity contribution < 1.29 is 42.9 Å². The molecule has 1 aliphatic heterocycles. The molecule has 1 heterocycles. The smallest absolute Gasteiger partial charge is 0.305 e. The topological polar surface area (TPSA) is 114 Å². The molecule has 0 aromatic heterocycles. The zero-order chi connectivity index (χ0) is 18.7. The summed E-state index contributed by atoms with van der Waals surface area (Å²) >= 11 is 0. The third kappa shape index (κ3) is 4.67. The molecule has 1 aliphatic rings. The van der Waals surface area contributed by atoms with Crippen molar-refractivity contribution in [2.75, 3.05) is 0 Å². The van der Waals surface area contributed by atoms with Gasteiger partial charge in [-0.15, -0.1) is 0 Å². The summed E-state index contributed by atoms with van der Waals surface area (Å²) in [6.07, 6.45) is -4.51. The normalized spacial score (nSPS) is 32.4. The second kappa shape index (κ2) is 7.61. The summed E-state index contributed by atoms with van der Waals surface area (Å²) in [5.74, 6) is -2.72. The fourth-order valence-electron chi connectivity index (χ4n) is 2.67. The SMILES string of the molecule is CC(=O)OC1[C@H](OC(C)=O)OC(C)[C@H](OC(C)=O)C1(C)OC(C)=O. The average Bonchev–Trinajstić information content (AvgIpc) is 2.37. The molecule has 1 rings (SSSR count). The molecule has 0 aliphatic carbocycles. The van der Waals surface area contributed by atoms with Crippen LogP contribution in [0.5, 0.6) is 0 Å². The average molecular weight is 346 g/mol. The number of rotatable bonds is 4. The highest BCUT2D eigenvalue weighted by Gasteiger charge is 2.60. The molecule has 5 atom stereocenters. The molecule has 9 nitrogen and oxygen atoms in total. The van der Waals surface area contributed by atoms with Gasteiger partial charge in [0, 0.05) is 27.7 Å². The molecule has 0 radical (unpaired) electrons. The van der Waals surface area contributed by atoms with Gasteiger partial charge in [0.05, 0.1) is 0 Å². The summed E-state index contributed by atoms with van der Waals surface area (Å²) < 4.78 is 26.3. The van der Waals surface area contributed by atoms with Gasteiger partial charge in [0.1, 0.15) is 6.10 Å². The van der Waals surface area contributed by atoms with Crippen LogP contribution in [0.4, 0.5) is 0 Å². The fourth-order valence-corrected chi connectivity index (χ4v) is 2.67. The van der Waals surface area contributed by atoms with Crippen molar-refractivity contribution in [2.45, 2.75) is 71.7 Å². The minimum absolute atomic E-state index is 0.638. The van der Waals surface area contributed by atoms with Crippen molar-refractivity contribution in [1.29, 1.82) is 0 Å². The van der Waals surface area contributed by atoms with Gasteiger partial charge >= 0.3 is 23.9 Å². The van der Waals surface area contributed by atoms with Crippen LogP contribution >= 0.6 is 0 Å². The molecular formula is C15H22O9. The van der Waals surface area contributed by atoms with Crippen molar-refractivity contribution in [1.82, 2.24) is 0 Å². The van der Waals surface area contributed by atoms with Gasteiger partial charge in [0.25, 0.3) is 0 Å². The predicted octanol–water partition coefficient (Wildman–Crippen LogP) is 0.479. The highest BCUT2D eigenvalue weighted by atomic mass is 16.7. The zero-order valence-electron chi connectivity index (χ0n) is 14.5. The Morgan fingerprint density at radius 3 is 1.67 bits per heavy atom. The lowest BCUT2D eigenvalue weighted by Crippen LogP contribution is -2.68. The molecule has 0 saturated carbocycles. The van der Waals surface area contributed by atoms with E-state index < -0.39 is 54.1 Å². The quantitative estimate of drug-likeness (QED) is 0.529. The Hall–Kier alpha value is -2.16. The van der Waals surface area contributed by atoms with E-state index in [1.165, 1.54) is 13.8 Å². The minimum Gasteiger partial charge on any atom is -0.455 e. The van der Waals surface area contributed by atoms with E-state index in [2.05, 4.69) is 0 Å². The van der Waals surface area contributed by atoms with E-state index in [4.69, 9.17) is 23.7 Å². The molecule has 3 unspecified atom stereocenters. The standard InChI is InChI=1S/C15H22O9/c1-7-12(21-8(2)16)15(6,24-11(5)19)13(22-9(3)17)14(20-7)23-10(4)18/h7,12-14H,1-6H3/t7?,12-,13?,14-,15?/m0/s1. The minimum atomic E-state index is -1.61. The number of esters is 4. The van der Waals surface area contributed by atoms with Gasteiger partial charge in [0.2, 0.25) is 12.4 Å². The molecule has 1 saturated heterocycles. The second-order valence-electron chi connectivity index (χ2n) is 5.66. The first kappa shape index (κ1) is 19.9. The van der Waals surface area contributed by atoms with Crippen LogP contribution < -0.4 is 0 Å². The molecule has 0 aromatic rings. The summed E-state index contributed by atoms with van der Waals surface area (Å²) in [6.45, 7) is 7.60. The zero-order valence-corrected chi connectivity index (χ0v) is 14.5. The molecule has 1 fully saturated rings. The summed E-state index contributed by atoms with van der Waals surface area (Å²) in [5, 5.41) is 0. The highest BCUT2D eigenvalue weighted by Crippen LogP contribution is 2.37. The molecule has 0 amide bonds. The largest absolute Gasteiger partial charge is 0.455 e. The van der Waals surface area contributed by atoms with Crippen LogP contribution in [0.1, 0.15) is 41.5 Å². The number of hydrogen-bond donors (Lipinski definition) is 0. The molecule has 0 spiro atoms. The Labute approximate surface area is 139 Å². The predicted molar refractivity (Wildman–Crippen MR) is 77.4 cm³/mol. The monoisotopic (exact) mass is 346 g/mol. The molecule has 0 bridgehead atoms. The van der Waals surface area contributed by atoms with Crippen molar-refractivity contribution in [3.8, 4) is 0 Å². The second-order valence-corrected chi connectivity index (χ2v) is 5.66. The maximum absolute atomic E-state index is 11.6. The van der Waals surface area contributed by atoms with Crippen LogP contribution in [0.3, 0.4) is 0 Å². The van der Waals surface area contributed by atoms with Gasteiger partial charge in [-0.25, -0.2) is 0 Å². The molecule has 24 heavy (non-hydrogen) atoms. The van der Waals surface area contributed by atoms with Crippen molar-refractivity contribution in [3.05, 3.63) is 0 Å². The Balaban J connectivity index is 3.34. The Morgan fingerprint density at radius 2 is 1.25 bits per heavy atom. The molecule has 0 N–H and O–H groups in total. The van der Waals surface area contributed by atoms with E-state index in [9.17, 15) is 19.2 Å². The molecule has 9 heteroatoms. The third-order valence-electron chi connectivity index (χ3n) is 3.38.